The number of piperazine rings is 1. The quantitative estimate of drug-likeness (QED) is 0.297. The fraction of sp³-hybridized carbons (Fsp3) is 0.812. The van der Waals surface area contributed by atoms with Crippen molar-refractivity contribution in [3.05, 3.63) is 12.0 Å². The lowest BCUT2D eigenvalue weighted by molar-refractivity contribution is -0.141. The number of nitrogens with zero attached hydrogens (tertiary/aromatic N) is 2. The summed E-state index contributed by atoms with van der Waals surface area (Å²) in [5.41, 5.74) is 0. The number of ether oxygens (including phenoxy) is 1. The van der Waals surface area contributed by atoms with Gasteiger partial charge in [-0.25, -0.2) is 4.79 Å². The molecule has 1 fully saturated rings. The normalized spacial score (nSPS) is 17.5. The number of rotatable bonds is 8. The van der Waals surface area contributed by atoms with E-state index in [-0.39, 0.29) is 5.97 Å². The van der Waals surface area contributed by atoms with Crippen molar-refractivity contribution in [2.75, 3.05) is 39.8 Å². The van der Waals surface area contributed by atoms with Crippen molar-refractivity contribution in [1.29, 1.82) is 0 Å². The predicted octanol–water partition coefficient (Wildman–Crippen LogP) is 2.66. The zero-order valence-electron chi connectivity index (χ0n) is 14.9. The number of likely N-dealkylation sites (N-methyl/N-ethyl adjacent to an activating group) is 1. The molecule has 1 aliphatic rings. The average molecular weight is 329 g/mol. The second-order valence-corrected chi connectivity index (χ2v) is 10.6. The maximum atomic E-state index is 12.3. The van der Waals surface area contributed by atoms with Crippen LogP contribution in [0.4, 0.5) is 0 Å². The van der Waals surface area contributed by atoms with Crippen LogP contribution in [0, 0.1) is 0 Å². The van der Waals surface area contributed by atoms with E-state index in [1.165, 1.54) is 0 Å². The zero-order valence-corrected chi connectivity index (χ0v) is 15.9. The third-order valence-electron chi connectivity index (χ3n) is 4.57. The predicted molar refractivity (Wildman–Crippen MR) is 92.1 cm³/mol. The molecule has 0 bridgehead atoms. The Morgan fingerprint density at radius 3 is 2.05 bits per heavy atom. The van der Waals surface area contributed by atoms with Gasteiger partial charge < -0.3 is 19.0 Å². The Morgan fingerprint density at radius 2 is 1.59 bits per heavy atom. The van der Waals surface area contributed by atoms with Crippen LogP contribution in [0.1, 0.15) is 27.7 Å². The second-order valence-electron chi connectivity index (χ2n) is 5.90. The van der Waals surface area contributed by atoms with Crippen LogP contribution < -0.4 is 0 Å². The molecular weight excluding hydrogens is 296 g/mol. The van der Waals surface area contributed by atoms with Crippen molar-refractivity contribution in [3.63, 3.8) is 0 Å². The largest absolute Gasteiger partial charge is 0.538 e. The molecule has 0 atom stereocenters. The van der Waals surface area contributed by atoms with Gasteiger partial charge in [0.2, 0.25) is 5.76 Å². The van der Waals surface area contributed by atoms with Crippen molar-refractivity contribution in [1.82, 2.24) is 9.80 Å². The van der Waals surface area contributed by atoms with Gasteiger partial charge in [0.1, 0.15) is 0 Å². The van der Waals surface area contributed by atoms with Crippen LogP contribution >= 0.6 is 0 Å². The summed E-state index contributed by atoms with van der Waals surface area (Å²) in [6, 6.07) is 3.04. The van der Waals surface area contributed by atoms with Crippen molar-refractivity contribution < 1.29 is 14.0 Å². The number of hydrogen-bond acceptors (Lipinski definition) is 5. The van der Waals surface area contributed by atoms with Gasteiger partial charge in [-0.05, 0) is 32.1 Å². The highest BCUT2D eigenvalue weighted by Gasteiger charge is 2.34. The molecule has 1 rings (SSSR count). The molecule has 0 saturated carbocycles. The molecule has 1 saturated heterocycles. The molecule has 0 unspecified atom stereocenters. The van der Waals surface area contributed by atoms with Crippen LogP contribution in [0.15, 0.2) is 12.0 Å². The van der Waals surface area contributed by atoms with Crippen molar-refractivity contribution in [2.45, 2.75) is 45.8 Å². The van der Waals surface area contributed by atoms with Crippen LogP contribution in [-0.4, -0.2) is 63.9 Å². The Kier molecular flexibility index (Phi) is 7.96. The van der Waals surface area contributed by atoms with Gasteiger partial charge in [0.15, 0.2) is 0 Å². The van der Waals surface area contributed by atoms with Gasteiger partial charge in [-0.3, -0.25) is 0 Å². The molecule has 0 N–H and O–H groups in total. The number of carbonyl (C=O) groups excluding carboxylic acids is 1. The Labute approximate surface area is 136 Å². The molecule has 0 aromatic carbocycles. The summed E-state index contributed by atoms with van der Waals surface area (Å²) in [6.07, 6.45) is 1.88. The second kappa shape index (κ2) is 9.20. The molecular formula is C16H32N2O3Si. The minimum Gasteiger partial charge on any atom is -0.538 e. The zero-order chi connectivity index (χ0) is 16.6. The molecule has 0 radical (unpaired) electrons. The molecule has 1 heterocycles. The summed E-state index contributed by atoms with van der Waals surface area (Å²) in [4.78, 5) is 16.7. The summed E-state index contributed by atoms with van der Waals surface area (Å²) in [5.74, 6) is 0.0808. The maximum Gasteiger partial charge on any atom is 0.373 e. The number of carbonyl (C=O) groups is 1. The van der Waals surface area contributed by atoms with E-state index < -0.39 is 8.32 Å². The van der Waals surface area contributed by atoms with Gasteiger partial charge in [-0.15, -0.1) is 0 Å². The fourth-order valence-corrected chi connectivity index (χ4v) is 5.18. The Hall–Kier alpha value is -1.01. The highest BCUT2D eigenvalue weighted by molar-refractivity contribution is 6.74. The topological polar surface area (TPSA) is 42.0 Å². The van der Waals surface area contributed by atoms with Crippen LogP contribution in [-0.2, 0) is 14.0 Å². The first kappa shape index (κ1) is 19.0. The van der Waals surface area contributed by atoms with Gasteiger partial charge in [0, 0.05) is 32.4 Å². The highest BCUT2D eigenvalue weighted by Crippen LogP contribution is 2.25. The van der Waals surface area contributed by atoms with Crippen molar-refractivity contribution in [3.8, 4) is 0 Å². The summed E-state index contributed by atoms with van der Waals surface area (Å²) in [7, 11) is 0.242. The fourth-order valence-electron chi connectivity index (χ4n) is 2.64. The molecule has 0 aliphatic carbocycles. The Morgan fingerprint density at radius 1 is 1.05 bits per heavy atom. The smallest absolute Gasteiger partial charge is 0.373 e. The number of esters is 1. The van der Waals surface area contributed by atoms with Gasteiger partial charge in [0.25, 0.3) is 8.32 Å². The molecule has 6 heteroatoms. The van der Waals surface area contributed by atoms with Crippen molar-refractivity contribution >= 4 is 14.3 Å². The molecule has 0 aromatic rings. The molecule has 5 nitrogen and oxygen atoms in total. The molecule has 22 heavy (non-hydrogen) atoms. The lowest BCUT2D eigenvalue weighted by Crippen LogP contribution is -2.43. The standard InChI is InChI=1S/C16H32N2O3Si/c1-6-20-16(19)15(21-22(7-2,8-3)9-4)14-18-12-10-17(5)11-13-18/h14H,6-13H2,1-5H3/b15-14-. The van der Waals surface area contributed by atoms with Gasteiger partial charge in [-0.1, -0.05) is 20.8 Å². The minimum atomic E-state index is -1.88. The maximum absolute atomic E-state index is 12.3. The lowest BCUT2D eigenvalue weighted by Gasteiger charge is -2.34. The third kappa shape index (κ3) is 5.32. The summed E-state index contributed by atoms with van der Waals surface area (Å²) < 4.78 is 11.5. The first-order valence-corrected chi connectivity index (χ1v) is 11.0. The monoisotopic (exact) mass is 328 g/mol. The third-order valence-corrected chi connectivity index (χ3v) is 9.09. The van der Waals surface area contributed by atoms with Crippen LogP contribution in [0.2, 0.25) is 18.1 Å². The summed E-state index contributed by atoms with van der Waals surface area (Å²) in [6.45, 7) is 12.5. The summed E-state index contributed by atoms with van der Waals surface area (Å²) in [5, 5.41) is 0. The first-order chi connectivity index (χ1) is 10.5. The SMILES string of the molecule is CCOC(=O)/C(=C/N1CCN(C)CC1)O[Si](CC)(CC)CC. The van der Waals surface area contributed by atoms with Crippen LogP contribution in [0.25, 0.3) is 0 Å². The summed E-state index contributed by atoms with van der Waals surface area (Å²) >= 11 is 0. The van der Waals surface area contributed by atoms with E-state index >= 15 is 0 Å². The molecule has 0 amide bonds. The van der Waals surface area contributed by atoms with E-state index in [9.17, 15) is 4.79 Å². The van der Waals surface area contributed by atoms with Gasteiger partial charge in [-0.2, -0.15) is 0 Å². The van der Waals surface area contributed by atoms with Crippen LogP contribution in [0.5, 0.6) is 0 Å². The number of hydrogen-bond donors (Lipinski definition) is 0. The van der Waals surface area contributed by atoms with E-state index in [0.717, 1.165) is 44.3 Å². The first-order valence-electron chi connectivity index (χ1n) is 8.50. The highest BCUT2D eigenvalue weighted by atomic mass is 28.4. The Balaban J connectivity index is 2.90. The minimum absolute atomic E-state index is 0.325. The molecule has 128 valence electrons. The van der Waals surface area contributed by atoms with E-state index in [4.69, 9.17) is 9.16 Å². The van der Waals surface area contributed by atoms with E-state index in [2.05, 4.69) is 37.6 Å². The van der Waals surface area contributed by atoms with Gasteiger partial charge in [0.05, 0.1) is 6.61 Å². The van der Waals surface area contributed by atoms with E-state index in [1.807, 2.05) is 13.1 Å². The Bertz CT molecular complexity index is 367. The molecule has 0 spiro atoms. The van der Waals surface area contributed by atoms with Crippen LogP contribution in [0.3, 0.4) is 0 Å². The average Bonchev–Trinajstić information content (AvgIpc) is 2.54. The lowest BCUT2D eigenvalue weighted by atomic mass is 10.3. The van der Waals surface area contributed by atoms with E-state index in [1.54, 1.807) is 0 Å². The van der Waals surface area contributed by atoms with Gasteiger partial charge >= 0.3 is 5.97 Å². The van der Waals surface area contributed by atoms with Crippen molar-refractivity contribution in [2.24, 2.45) is 0 Å². The van der Waals surface area contributed by atoms with E-state index in [0.29, 0.717) is 12.4 Å². The molecule has 1 aliphatic heterocycles. The molecule has 0 aromatic heterocycles.